The topological polar surface area (TPSA) is 70.3 Å². The van der Waals surface area contributed by atoms with Crippen LogP contribution in [0.3, 0.4) is 0 Å². The predicted molar refractivity (Wildman–Crippen MR) is 100 cm³/mol. The summed E-state index contributed by atoms with van der Waals surface area (Å²) in [5, 5.41) is -0.225. The lowest BCUT2D eigenvalue weighted by atomic mass is 10.1. The largest absolute Gasteiger partial charge is 0.468 e. The fourth-order valence-electron chi connectivity index (χ4n) is 2.54. The Kier molecular flexibility index (Phi) is 6.66. The lowest BCUT2D eigenvalue weighted by molar-refractivity contribution is -0.141. The summed E-state index contributed by atoms with van der Waals surface area (Å²) >= 11 is 7.48. The normalized spacial score (nSPS) is 12.0. The summed E-state index contributed by atoms with van der Waals surface area (Å²) in [7, 11) is 1.20. The van der Waals surface area contributed by atoms with Crippen LogP contribution in [0.2, 0.25) is 5.02 Å². The lowest BCUT2D eigenvalue weighted by Gasteiger charge is -2.17. The van der Waals surface area contributed by atoms with Gasteiger partial charge in [0.25, 0.3) is 5.56 Å². The van der Waals surface area contributed by atoms with Gasteiger partial charge >= 0.3 is 11.7 Å². The molecular weight excluding hydrogens is 383 g/mol. The summed E-state index contributed by atoms with van der Waals surface area (Å²) < 4.78 is 20.6. The molecule has 6 nitrogen and oxygen atoms in total. The van der Waals surface area contributed by atoms with Crippen LogP contribution >= 0.6 is 23.4 Å². The van der Waals surface area contributed by atoms with Gasteiger partial charge in [0.15, 0.2) is 0 Å². The third-order valence-corrected chi connectivity index (χ3v) is 5.00. The van der Waals surface area contributed by atoms with Crippen molar-refractivity contribution in [3.8, 4) is 11.1 Å². The van der Waals surface area contributed by atoms with Gasteiger partial charge in [-0.3, -0.25) is 18.7 Å². The second-order valence-electron chi connectivity index (χ2n) is 5.61. The van der Waals surface area contributed by atoms with Crippen LogP contribution in [0.5, 0.6) is 0 Å². The van der Waals surface area contributed by atoms with Crippen LogP contribution in [0.4, 0.5) is 4.39 Å². The number of hydrogen-bond acceptors (Lipinski definition) is 5. The molecule has 0 amide bonds. The molecule has 0 fully saturated rings. The van der Waals surface area contributed by atoms with Crippen LogP contribution in [0, 0.1) is 5.82 Å². The number of rotatable bonds is 6. The number of carbonyl (C=O) groups excluding carboxylic acids is 1. The molecular formula is C17H18ClFN2O4S. The number of nitrogens with zero attached hydrogens (tertiary/aromatic N) is 2. The average molecular weight is 401 g/mol. The Morgan fingerprint density at radius 1 is 1.35 bits per heavy atom. The van der Waals surface area contributed by atoms with Gasteiger partial charge in [-0.25, -0.2) is 9.18 Å². The van der Waals surface area contributed by atoms with E-state index in [1.807, 2.05) is 6.26 Å². The van der Waals surface area contributed by atoms with E-state index in [0.717, 1.165) is 9.13 Å². The maximum absolute atomic E-state index is 13.8. The highest BCUT2D eigenvalue weighted by atomic mass is 35.5. The molecule has 9 heteroatoms. The summed E-state index contributed by atoms with van der Waals surface area (Å²) in [5.74, 6) is -0.822. The van der Waals surface area contributed by atoms with E-state index in [0.29, 0.717) is 5.75 Å². The molecule has 1 aromatic carbocycles. The van der Waals surface area contributed by atoms with Crippen molar-refractivity contribution >= 4 is 29.3 Å². The van der Waals surface area contributed by atoms with E-state index in [4.69, 9.17) is 11.6 Å². The summed E-state index contributed by atoms with van der Waals surface area (Å²) in [6, 6.07) is 3.65. The first-order valence-corrected chi connectivity index (χ1v) is 9.45. The minimum Gasteiger partial charge on any atom is -0.468 e. The van der Waals surface area contributed by atoms with E-state index in [1.54, 1.807) is 6.92 Å². The molecule has 0 unspecified atom stereocenters. The third-order valence-electron chi connectivity index (χ3n) is 3.80. The summed E-state index contributed by atoms with van der Waals surface area (Å²) in [6.45, 7) is 1.35. The Bertz CT molecular complexity index is 941. The third kappa shape index (κ3) is 4.02. The SMILES string of the molecule is COC(=O)Cn1cc(-c2cccc(F)c2Cl)c(=O)n([C@@H](C)CSC)c1=O. The van der Waals surface area contributed by atoms with E-state index in [-0.39, 0.29) is 22.7 Å². The second-order valence-corrected chi connectivity index (χ2v) is 6.90. The molecule has 1 atom stereocenters. The zero-order valence-electron chi connectivity index (χ0n) is 14.5. The van der Waals surface area contributed by atoms with Crippen molar-refractivity contribution in [2.45, 2.75) is 19.5 Å². The molecule has 0 aliphatic heterocycles. The van der Waals surface area contributed by atoms with Gasteiger partial charge in [0, 0.05) is 23.6 Å². The smallest absolute Gasteiger partial charge is 0.331 e. The van der Waals surface area contributed by atoms with E-state index >= 15 is 0 Å². The van der Waals surface area contributed by atoms with Crippen LogP contribution in [0.15, 0.2) is 34.0 Å². The van der Waals surface area contributed by atoms with Crippen molar-refractivity contribution in [2.24, 2.45) is 0 Å². The number of ether oxygens (including phenoxy) is 1. The number of halogens is 2. The molecule has 0 radical (unpaired) electrons. The standard InChI is InChI=1S/C17H18ClFN2O4S/c1-10(9-26-3)21-16(23)12(11-5-4-6-13(19)15(11)18)7-20(17(21)24)8-14(22)25-2/h4-7,10H,8-9H2,1-3H3/t10-/m0/s1. The summed E-state index contributed by atoms with van der Waals surface area (Å²) in [5.41, 5.74) is -1.05. The summed E-state index contributed by atoms with van der Waals surface area (Å²) in [6.07, 6.45) is 3.06. The number of thioether (sulfide) groups is 1. The maximum Gasteiger partial charge on any atom is 0.331 e. The summed E-state index contributed by atoms with van der Waals surface area (Å²) in [4.78, 5) is 37.2. The highest BCUT2D eigenvalue weighted by molar-refractivity contribution is 7.98. The molecule has 0 spiro atoms. The average Bonchev–Trinajstić information content (AvgIpc) is 2.60. The van der Waals surface area contributed by atoms with Crippen LogP contribution < -0.4 is 11.2 Å². The van der Waals surface area contributed by atoms with E-state index in [2.05, 4.69) is 4.74 Å². The van der Waals surface area contributed by atoms with Gasteiger partial charge in [-0.05, 0) is 19.2 Å². The monoisotopic (exact) mass is 400 g/mol. The van der Waals surface area contributed by atoms with Crippen molar-refractivity contribution in [3.05, 3.63) is 56.1 Å². The van der Waals surface area contributed by atoms with Crippen molar-refractivity contribution in [3.63, 3.8) is 0 Å². The number of benzene rings is 1. The fourth-order valence-corrected chi connectivity index (χ4v) is 3.40. The first-order valence-electron chi connectivity index (χ1n) is 7.67. The molecule has 0 bridgehead atoms. The van der Waals surface area contributed by atoms with Gasteiger partial charge in [0.1, 0.15) is 12.4 Å². The Hall–Kier alpha value is -2.06. The zero-order chi connectivity index (χ0) is 19.4. The molecule has 0 saturated carbocycles. The minimum absolute atomic E-state index is 0.0333. The Balaban J connectivity index is 2.79. The van der Waals surface area contributed by atoms with Gasteiger partial charge in [0.05, 0.1) is 17.7 Å². The van der Waals surface area contributed by atoms with Crippen LogP contribution in [0.25, 0.3) is 11.1 Å². The molecule has 140 valence electrons. The molecule has 1 aromatic heterocycles. The Morgan fingerprint density at radius 2 is 2.04 bits per heavy atom. The van der Waals surface area contributed by atoms with Gasteiger partial charge in [-0.2, -0.15) is 11.8 Å². The van der Waals surface area contributed by atoms with Gasteiger partial charge in [0.2, 0.25) is 0 Å². The number of aromatic nitrogens is 2. The molecule has 0 saturated heterocycles. The van der Waals surface area contributed by atoms with Crippen LogP contribution in [-0.2, 0) is 16.1 Å². The molecule has 2 rings (SSSR count). The second kappa shape index (κ2) is 8.55. The van der Waals surface area contributed by atoms with Crippen molar-refractivity contribution in [1.29, 1.82) is 0 Å². The quantitative estimate of drug-likeness (QED) is 0.697. The van der Waals surface area contributed by atoms with Gasteiger partial charge in [-0.15, -0.1) is 0 Å². The first kappa shape index (κ1) is 20.3. The van der Waals surface area contributed by atoms with Gasteiger partial charge < -0.3 is 4.74 Å². The molecule has 1 heterocycles. The fraction of sp³-hybridized carbons (Fsp3) is 0.353. The highest BCUT2D eigenvalue weighted by Gasteiger charge is 2.20. The van der Waals surface area contributed by atoms with Gasteiger partial charge in [-0.1, -0.05) is 23.7 Å². The number of methoxy groups -OCH3 is 1. The van der Waals surface area contributed by atoms with Crippen molar-refractivity contribution in [1.82, 2.24) is 9.13 Å². The molecule has 2 aromatic rings. The van der Waals surface area contributed by atoms with E-state index in [9.17, 15) is 18.8 Å². The molecule has 0 aliphatic rings. The van der Waals surface area contributed by atoms with Crippen LogP contribution in [0.1, 0.15) is 13.0 Å². The Labute approximate surface area is 158 Å². The zero-order valence-corrected chi connectivity index (χ0v) is 16.1. The Morgan fingerprint density at radius 3 is 2.65 bits per heavy atom. The predicted octanol–water partition coefficient (Wildman–Crippen LogP) is 2.57. The molecule has 0 N–H and O–H groups in total. The van der Waals surface area contributed by atoms with E-state index < -0.39 is 29.1 Å². The first-order chi connectivity index (χ1) is 12.3. The molecule has 0 aliphatic carbocycles. The van der Waals surface area contributed by atoms with Crippen molar-refractivity contribution in [2.75, 3.05) is 19.1 Å². The van der Waals surface area contributed by atoms with Crippen molar-refractivity contribution < 1.29 is 13.9 Å². The van der Waals surface area contributed by atoms with Crippen LogP contribution in [-0.4, -0.2) is 34.2 Å². The van der Waals surface area contributed by atoms with E-state index in [1.165, 1.54) is 43.3 Å². The highest BCUT2D eigenvalue weighted by Crippen LogP contribution is 2.27. The molecule has 26 heavy (non-hydrogen) atoms. The number of carbonyl (C=O) groups is 1. The lowest BCUT2D eigenvalue weighted by Crippen LogP contribution is -2.43. The minimum atomic E-state index is -0.682. The number of hydrogen-bond donors (Lipinski definition) is 0. The maximum atomic E-state index is 13.8. The number of esters is 1.